The highest BCUT2D eigenvalue weighted by Gasteiger charge is 2.31. The number of halogens is 1. The van der Waals surface area contributed by atoms with E-state index >= 15 is 0 Å². The minimum Gasteiger partial charge on any atom is -0.356 e. The van der Waals surface area contributed by atoms with Crippen LogP contribution in [0.4, 0.5) is 0 Å². The smallest absolute Gasteiger partial charge is 0.268 e. The van der Waals surface area contributed by atoms with Crippen LogP contribution in [-0.2, 0) is 9.59 Å². The zero-order valence-corrected chi connectivity index (χ0v) is 19.9. The summed E-state index contributed by atoms with van der Waals surface area (Å²) >= 11 is 6.20. The van der Waals surface area contributed by atoms with Gasteiger partial charge in [0.2, 0.25) is 11.8 Å². The molecule has 33 heavy (non-hydrogen) atoms. The number of hydrogen-bond acceptors (Lipinski definition) is 4. The van der Waals surface area contributed by atoms with Crippen molar-refractivity contribution in [1.29, 1.82) is 5.26 Å². The van der Waals surface area contributed by atoms with Gasteiger partial charge in [-0.25, -0.2) is 0 Å². The van der Waals surface area contributed by atoms with Crippen LogP contribution < -0.4 is 16.0 Å². The molecule has 176 valence electrons. The van der Waals surface area contributed by atoms with Gasteiger partial charge in [0.15, 0.2) is 0 Å². The maximum Gasteiger partial charge on any atom is 0.268 e. The number of hydrogen-bond donors (Lipinski definition) is 4. The van der Waals surface area contributed by atoms with Crippen LogP contribution in [0, 0.1) is 22.7 Å². The van der Waals surface area contributed by atoms with Gasteiger partial charge in [0.1, 0.15) is 17.8 Å². The van der Waals surface area contributed by atoms with Crippen molar-refractivity contribution >= 4 is 40.2 Å². The first-order chi connectivity index (χ1) is 15.6. The van der Waals surface area contributed by atoms with Crippen LogP contribution >= 0.6 is 11.6 Å². The molecule has 8 nitrogen and oxygen atoms in total. The van der Waals surface area contributed by atoms with Gasteiger partial charge in [0.25, 0.3) is 5.91 Å². The highest BCUT2D eigenvalue weighted by Crippen LogP contribution is 2.25. The van der Waals surface area contributed by atoms with Crippen LogP contribution in [-0.4, -0.2) is 41.3 Å². The Bertz CT molecular complexity index is 1080. The molecule has 3 atom stereocenters. The van der Waals surface area contributed by atoms with Crippen molar-refractivity contribution in [3.8, 4) is 6.07 Å². The Kier molecular flexibility index (Phi) is 7.65. The minimum atomic E-state index is -0.851. The lowest BCUT2D eigenvalue weighted by molar-refractivity contribution is -0.128. The predicted octanol–water partition coefficient (Wildman–Crippen LogP) is 3.28. The Balaban J connectivity index is 1.72. The van der Waals surface area contributed by atoms with Gasteiger partial charge in [-0.1, -0.05) is 44.5 Å². The molecule has 1 aliphatic rings. The molecule has 0 spiro atoms. The topological polar surface area (TPSA) is 127 Å². The molecule has 2 heterocycles. The number of aromatic nitrogens is 1. The molecule has 1 saturated heterocycles. The number of nitriles is 1. The van der Waals surface area contributed by atoms with Crippen LogP contribution in [0.3, 0.4) is 0 Å². The van der Waals surface area contributed by atoms with E-state index in [0.717, 1.165) is 11.8 Å². The third kappa shape index (κ3) is 6.48. The number of H-pyrrole nitrogens is 1. The molecule has 0 radical (unpaired) electrons. The summed E-state index contributed by atoms with van der Waals surface area (Å²) in [5, 5.41) is 19.2. The van der Waals surface area contributed by atoms with Gasteiger partial charge in [-0.05, 0) is 43.2 Å². The predicted molar refractivity (Wildman–Crippen MR) is 127 cm³/mol. The van der Waals surface area contributed by atoms with Crippen molar-refractivity contribution in [2.24, 2.45) is 11.3 Å². The fourth-order valence-electron chi connectivity index (χ4n) is 4.06. The monoisotopic (exact) mass is 471 g/mol. The lowest BCUT2D eigenvalue weighted by atomic mass is 9.87. The summed E-state index contributed by atoms with van der Waals surface area (Å²) < 4.78 is 0. The van der Waals surface area contributed by atoms with Gasteiger partial charge in [0.05, 0.1) is 16.6 Å². The fourth-order valence-corrected chi connectivity index (χ4v) is 4.29. The zero-order chi connectivity index (χ0) is 24.2. The third-order valence-corrected chi connectivity index (χ3v) is 6.00. The lowest BCUT2D eigenvalue weighted by Gasteiger charge is -2.28. The molecule has 0 saturated carbocycles. The number of carbonyl (C=O) groups is 3. The number of benzene rings is 1. The summed E-state index contributed by atoms with van der Waals surface area (Å²) in [7, 11) is 0. The van der Waals surface area contributed by atoms with Gasteiger partial charge in [-0.2, -0.15) is 5.26 Å². The van der Waals surface area contributed by atoms with E-state index in [-0.39, 0.29) is 23.7 Å². The van der Waals surface area contributed by atoms with Crippen molar-refractivity contribution in [3.63, 3.8) is 0 Å². The minimum absolute atomic E-state index is 0.0900. The first-order valence-electron chi connectivity index (χ1n) is 11.1. The summed E-state index contributed by atoms with van der Waals surface area (Å²) in [5.41, 5.74) is 0.682. The first-order valence-corrected chi connectivity index (χ1v) is 11.5. The summed E-state index contributed by atoms with van der Waals surface area (Å²) in [6, 6.07) is 7.46. The number of amides is 3. The normalized spacial score (nSPS) is 18.2. The molecule has 1 aliphatic heterocycles. The Morgan fingerprint density at radius 3 is 2.70 bits per heavy atom. The molecular formula is C24H30ClN5O3. The van der Waals surface area contributed by atoms with Crippen molar-refractivity contribution in [2.75, 3.05) is 6.54 Å². The number of piperidine rings is 1. The number of carbonyl (C=O) groups excluding carboxylic acids is 3. The van der Waals surface area contributed by atoms with Crippen LogP contribution in [0.2, 0.25) is 5.02 Å². The Morgan fingerprint density at radius 1 is 1.30 bits per heavy atom. The van der Waals surface area contributed by atoms with Crippen molar-refractivity contribution in [1.82, 2.24) is 20.9 Å². The lowest BCUT2D eigenvalue weighted by Crippen LogP contribution is -2.51. The highest BCUT2D eigenvalue weighted by atomic mass is 35.5. The molecular weight excluding hydrogens is 442 g/mol. The Morgan fingerprint density at radius 2 is 2.06 bits per heavy atom. The molecule has 0 aliphatic carbocycles. The number of nitrogens with zero attached hydrogens (tertiary/aromatic N) is 1. The van der Waals surface area contributed by atoms with E-state index in [0.29, 0.717) is 35.6 Å². The molecule has 1 aromatic heterocycles. The van der Waals surface area contributed by atoms with Gasteiger partial charge in [-0.15, -0.1) is 0 Å². The molecule has 0 bridgehead atoms. The highest BCUT2D eigenvalue weighted by molar-refractivity contribution is 6.35. The maximum atomic E-state index is 13.1. The number of para-hydroxylation sites is 1. The molecule has 2 aromatic rings. The summed E-state index contributed by atoms with van der Waals surface area (Å²) in [4.78, 5) is 41.1. The average Bonchev–Trinajstić information content (AvgIpc) is 3.19. The van der Waals surface area contributed by atoms with Crippen LogP contribution in [0.5, 0.6) is 0 Å². The van der Waals surface area contributed by atoms with Crippen molar-refractivity contribution in [3.05, 3.63) is 35.0 Å². The zero-order valence-electron chi connectivity index (χ0n) is 19.1. The Hall–Kier alpha value is -3.05. The van der Waals surface area contributed by atoms with Crippen LogP contribution in [0.15, 0.2) is 24.3 Å². The van der Waals surface area contributed by atoms with E-state index in [1.54, 1.807) is 18.2 Å². The summed E-state index contributed by atoms with van der Waals surface area (Å²) in [6.07, 6.45) is 2.14. The van der Waals surface area contributed by atoms with Gasteiger partial charge in [0, 0.05) is 17.8 Å². The molecule has 1 fully saturated rings. The van der Waals surface area contributed by atoms with E-state index in [1.807, 2.05) is 26.8 Å². The molecule has 9 heteroatoms. The number of fused-ring (bicyclic) bond motifs is 1. The molecule has 1 aromatic carbocycles. The first kappa shape index (κ1) is 24.6. The molecule has 1 unspecified atom stereocenters. The standard InChI is InChI=1S/C24H30ClN5O3/c1-24(2,3)12-19(23(33)28-16(13-26)10-15-7-5-9-27-21(15)31)30-22(32)18-11-14-6-4-8-17(25)20(14)29-18/h4,6,8,11,15-16,19,29H,5,7,9-10,12H2,1-3H3,(H,27,31)(H,28,33)(H,30,32)/t15-,16-,19?/m0/s1. The number of nitrogens with one attached hydrogen (secondary N) is 4. The molecule has 4 N–H and O–H groups in total. The summed E-state index contributed by atoms with van der Waals surface area (Å²) in [5.74, 6) is -1.29. The average molecular weight is 472 g/mol. The van der Waals surface area contributed by atoms with E-state index in [1.165, 1.54) is 0 Å². The fraction of sp³-hybridized carbons (Fsp3) is 0.500. The van der Waals surface area contributed by atoms with E-state index < -0.39 is 23.9 Å². The van der Waals surface area contributed by atoms with Crippen molar-refractivity contribution < 1.29 is 14.4 Å². The quantitative estimate of drug-likeness (QED) is 0.494. The molecule has 3 rings (SSSR count). The number of rotatable bonds is 7. The number of aromatic amines is 1. The van der Waals surface area contributed by atoms with E-state index in [9.17, 15) is 19.6 Å². The summed E-state index contributed by atoms with van der Waals surface area (Å²) in [6.45, 7) is 6.54. The van der Waals surface area contributed by atoms with Gasteiger partial charge < -0.3 is 20.9 Å². The van der Waals surface area contributed by atoms with E-state index in [2.05, 4.69) is 27.0 Å². The second-order valence-electron chi connectivity index (χ2n) is 9.73. The van der Waals surface area contributed by atoms with E-state index in [4.69, 9.17) is 11.6 Å². The second-order valence-corrected chi connectivity index (χ2v) is 10.1. The van der Waals surface area contributed by atoms with Gasteiger partial charge >= 0.3 is 0 Å². The van der Waals surface area contributed by atoms with Gasteiger partial charge in [-0.3, -0.25) is 14.4 Å². The Labute approximate surface area is 198 Å². The third-order valence-electron chi connectivity index (χ3n) is 5.68. The van der Waals surface area contributed by atoms with Crippen LogP contribution in [0.25, 0.3) is 10.9 Å². The van der Waals surface area contributed by atoms with Crippen LogP contribution in [0.1, 0.15) is 56.9 Å². The SMILES string of the molecule is CC(C)(C)CC(NC(=O)c1cc2cccc(Cl)c2[nH]1)C(=O)N[C@H](C#N)C[C@@H]1CCCNC1=O. The second kappa shape index (κ2) is 10.3. The molecule has 3 amide bonds. The largest absolute Gasteiger partial charge is 0.356 e. The maximum absolute atomic E-state index is 13.1. The van der Waals surface area contributed by atoms with Crippen molar-refractivity contribution in [2.45, 2.75) is 58.5 Å².